The molecule has 2 aliphatic heterocycles. The second-order valence-corrected chi connectivity index (χ2v) is 14.8. The van der Waals surface area contributed by atoms with Crippen LogP contribution in [0.5, 0.6) is 0 Å². The molecule has 0 aliphatic carbocycles. The fourth-order valence-electron chi connectivity index (χ4n) is 7.09. The number of para-hydroxylation sites is 2. The number of rotatable bonds is 9. The third-order valence-electron chi connectivity index (χ3n) is 9.31. The molecule has 1 amide bonds. The first-order chi connectivity index (χ1) is 21.6. The van der Waals surface area contributed by atoms with Crippen molar-refractivity contribution in [3.8, 4) is 0 Å². The largest absolute Gasteiger partial charge is 0.346 e. The molecule has 1 atom stereocenters. The number of anilines is 1. The van der Waals surface area contributed by atoms with Crippen molar-refractivity contribution in [3.05, 3.63) is 111 Å². The molecule has 8 nitrogen and oxygen atoms in total. The van der Waals surface area contributed by atoms with E-state index in [0.717, 1.165) is 54.7 Å². The number of pyridine rings is 1. The Morgan fingerprint density at radius 1 is 1.00 bits per heavy atom. The summed E-state index contributed by atoms with van der Waals surface area (Å²) < 4.78 is 28.8. The van der Waals surface area contributed by atoms with Crippen molar-refractivity contribution in [1.29, 1.82) is 0 Å². The molecular formula is C35H39ClN4O4S. The molecule has 2 aliphatic rings. The summed E-state index contributed by atoms with van der Waals surface area (Å²) in [6, 6.07) is 24.2. The van der Waals surface area contributed by atoms with E-state index >= 15 is 0 Å². The number of aromatic nitrogens is 1. The molecule has 0 bridgehead atoms. The Morgan fingerprint density at radius 3 is 2.40 bits per heavy atom. The minimum atomic E-state index is -3.39. The maximum atomic E-state index is 13.9. The number of hydrogen-bond acceptors (Lipinski definition) is 5. The van der Waals surface area contributed by atoms with Gasteiger partial charge >= 0.3 is 0 Å². The molecule has 1 saturated heterocycles. The quantitative estimate of drug-likeness (QED) is 0.269. The first kappa shape index (κ1) is 31.3. The summed E-state index contributed by atoms with van der Waals surface area (Å²) in [6.07, 6.45) is 4.33. The Bertz CT molecular complexity index is 1880. The molecule has 0 radical (unpaired) electrons. The molecule has 236 valence electrons. The molecule has 1 N–H and O–H groups in total. The molecule has 1 aromatic heterocycles. The van der Waals surface area contributed by atoms with Crippen LogP contribution >= 0.6 is 11.6 Å². The van der Waals surface area contributed by atoms with Gasteiger partial charge in [-0.2, -0.15) is 0 Å². The number of benzene rings is 3. The lowest BCUT2D eigenvalue weighted by Crippen LogP contribution is -2.51. The normalized spacial score (nSPS) is 17.0. The highest BCUT2D eigenvalue weighted by Gasteiger charge is 2.47. The van der Waals surface area contributed by atoms with Crippen LogP contribution in [0.25, 0.3) is 10.9 Å². The minimum Gasteiger partial charge on any atom is -0.346 e. The van der Waals surface area contributed by atoms with Crippen LogP contribution in [-0.2, 0) is 28.4 Å². The lowest BCUT2D eigenvalue weighted by molar-refractivity contribution is 0.0901. The Balaban J connectivity index is 1.24. The number of sulfonamides is 1. The highest BCUT2D eigenvalue weighted by Crippen LogP contribution is 2.47. The molecule has 6 rings (SSSR count). The minimum absolute atomic E-state index is 0.168. The number of fused-ring (bicyclic) bond motifs is 3. The first-order valence-corrected chi connectivity index (χ1v) is 17.8. The molecule has 1 spiro atoms. The van der Waals surface area contributed by atoms with Gasteiger partial charge in [-0.1, -0.05) is 61.0 Å². The average molecular weight is 647 g/mol. The number of likely N-dealkylation sites (tertiary alicyclic amines) is 1. The van der Waals surface area contributed by atoms with Gasteiger partial charge in [0.05, 0.1) is 17.5 Å². The molecule has 4 aromatic rings. The van der Waals surface area contributed by atoms with Crippen molar-refractivity contribution < 1.29 is 13.2 Å². The number of amides is 1. The van der Waals surface area contributed by atoms with Gasteiger partial charge in [0.25, 0.3) is 5.91 Å². The van der Waals surface area contributed by atoms with Gasteiger partial charge in [-0.25, -0.2) is 8.42 Å². The van der Waals surface area contributed by atoms with Crippen molar-refractivity contribution in [2.75, 3.05) is 36.7 Å². The fraction of sp³-hybridized carbons (Fsp3) is 0.371. The van der Waals surface area contributed by atoms with Crippen LogP contribution in [0.1, 0.15) is 47.8 Å². The molecule has 3 aromatic carbocycles. The van der Waals surface area contributed by atoms with Crippen LogP contribution in [0.3, 0.4) is 0 Å². The molecular weight excluding hydrogens is 608 g/mol. The zero-order valence-corrected chi connectivity index (χ0v) is 27.3. The fourth-order valence-corrected chi connectivity index (χ4v) is 8.21. The maximum absolute atomic E-state index is 13.9. The second kappa shape index (κ2) is 12.6. The highest BCUT2D eigenvalue weighted by atomic mass is 35.5. The van der Waals surface area contributed by atoms with Gasteiger partial charge in [0.15, 0.2) is 5.43 Å². The third-order valence-corrected chi connectivity index (χ3v) is 10.7. The van der Waals surface area contributed by atoms with Crippen LogP contribution < -0.4 is 15.1 Å². The zero-order chi connectivity index (χ0) is 31.8. The highest BCUT2D eigenvalue weighted by molar-refractivity contribution is 7.92. The molecule has 1 fully saturated rings. The maximum Gasteiger partial charge on any atom is 0.268 e. The van der Waals surface area contributed by atoms with Crippen molar-refractivity contribution in [3.63, 3.8) is 0 Å². The summed E-state index contributed by atoms with van der Waals surface area (Å²) in [4.78, 5) is 29.3. The number of carbonyl (C=O) groups is 1. The average Bonchev–Trinajstić information content (AvgIpc) is 3.35. The summed E-state index contributed by atoms with van der Waals surface area (Å²) in [5.74, 6) is -0.271. The Hall–Kier alpha value is -3.66. The number of halogens is 1. The molecule has 0 saturated carbocycles. The van der Waals surface area contributed by atoms with Crippen LogP contribution in [-0.4, -0.2) is 62.3 Å². The van der Waals surface area contributed by atoms with Gasteiger partial charge in [-0.15, -0.1) is 0 Å². The summed E-state index contributed by atoms with van der Waals surface area (Å²) >= 11 is 6.16. The van der Waals surface area contributed by atoms with Crippen molar-refractivity contribution in [2.45, 2.75) is 50.6 Å². The smallest absolute Gasteiger partial charge is 0.268 e. The van der Waals surface area contributed by atoms with Gasteiger partial charge in [0.1, 0.15) is 5.69 Å². The Labute approximate surface area is 269 Å². The first-order valence-electron chi connectivity index (χ1n) is 15.6. The predicted octanol–water partition coefficient (Wildman–Crippen LogP) is 5.22. The van der Waals surface area contributed by atoms with E-state index in [1.807, 2.05) is 65.2 Å². The molecule has 45 heavy (non-hydrogen) atoms. The van der Waals surface area contributed by atoms with Crippen molar-refractivity contribution in [1.82, 2.24) is 14.8 Å². The summed E-state index contributed by atoms with van der Waals surface area (Å²) in [5.41, 5.74) is 3.66. The molecule has 0 unspecified atom stereocenters. The van der Waals surface area contributed by atoms with E-state index in [1.165, 1.54) is 12.3 Å². The summed E-state index contributed by atoms with van der Waals surface area (Å²) in [6.45, 7) is 5.30. The Kier molecular flexibility index (Phi) is 8.78. The number of nitrogens with zero attached hydrogens (tertiary/aromatic N) is 3. The summed E-state index contributed by atoms with van der Waals surface area (Å²) in [7, 11) is -3.39. The van der Waals surface area contributed by atoms with Gasteiger partial charge in [0, 0.05) is 47.6 Å². The Morgan fingerprint density at radius 2 is 1.69 bits per heavy atom. The molecule has 10 heteroatoms. The molecule has 3 heterocycles. The van der Waals surface area contributed by atoms with Crippen molar-refractivity contribution >= 4 is 44.1 Å². The second-order valence-electron chi connectivity index (χ2n) is 12.4. The third kappa shape index (κ3) is 6.39. The lowest BCUT2D eigenvalue weighted by Gasteiger charge is -2.41. The van der Waals surface area contributed by atoms with E-state index in [1.54, 1.807) is 10.4 Å². The summed E-state index contributed by atoms with van der Waals surface area (Å²) in [5, 5.41) is 4.53. The van der Waals surface area contributed by atoms with E-state index < -0.39 is 10.0 Å². The van der Waals surface area contributed by atoms with Gasteiger partial charge in [-0.05, 0) is 80.2 Å². The number of carbonyl (C=O) groups excluding carboxylic acids is 1. The standard InChI is InChI=1S/C35H39ClN4O4S/c1-3-18-39-30-10-6-4-8-28(30)33(41)22-32(39)34(42)37-27(21-25-12-14-26(36)15-13-25)23-38-19-16-35(17-20-38)24-40(45(2,43)44)31-11-7-5-9-29(31)35/h4-15,22,27H,3,16-21,23-24H2,1-2H3,(H,37,42)/t27-/m0/s1. The number of piperidine rings is 1. The van der Waals surface area contributed by atoms with Crippen LogP contribution in [0.2, 0.25) is 5.02 Å². The van der Waals surface area contributed by atoms with Gasteiger partial charge in [-0.3, -0.25) is 13.9 Å². The van der Waals surface area contributed by atoms with Crippen LogP contribution in [0.15, 0.2) is 83.7 Å². The number of aryl methyl sites for hydroxylation is 1. The van der Waals surface area contributed by atoms with Gasteiger partial charge < -0.3 is 14.8 Å². The van der Waals surface area contributed by atoms with E-state index in [4.69, 9.17) is 11.6 Å². The van der Waals surface area contributed by atoms with Crippen LogP contribution in [0, 0.1) is 0 Å². The SMILES string of the molecule is CCCn1c(C(=O)N[C@@H](Cc2ccc(Cl)cc2)CN2CCC3(CC2)CN(S(C)(=O)=O)c2ccccc23)cc(=O)c2ccccc21. The van der Waals surface area contributed by atoms with E-state index in [9.17, 15) is 18.0 Å². The van der Waals surface area contributed by atoms with E-state index in [0.29, 0.717) is 42.2 Å². The number of hydrogen-bond donors (Lipinski definition) is 1. The van der Waals surface area contributed by atoms with Crippen molar-refractivity contribution in [2.24, 2.45) is 0 Å². The van der Waals surface area contributed by atoms with E-state index in [-0.39, 0.29) is 22.8 Å². The lowest BCUT2D eigenvalue weighted by atomic mass is 9.74. The monoisotopic (exact) mass is 646 g/mol. The van der Waals surface area contributed by atoms with Crippen LogP contribution in [0.4, 0.5) is 5.69 Å². The van der Waals surface area contributed by atoms with Gasteiger partial charge in [0.2, 0.25) is 10.0 Å². The topological polar surface area (TPSA) is 91.7 Å². The van der Waals surface area contributed by atoms with E-state index in [2.05, 4.69) is 23.2 Å². The number of nitrogens with one attached hydrogen (secondary N) is 1. The predicted molar refractivity (Wildman–Crippen MR) is 181 cm³/mol. The zero-order valence-electron chi connectivity index (χ0n) is 25.7.